The van der Waals surface area contributed by atoms with Gasteiger partial charge in [-0.25, -0.2) is 0 Å². The van der Waals surface area contributed by atoms with Crippen LogP contribution in [0, 0.1) is 0 Å². The van der Waals surface area contributed by atoms with E-state index in [2.05, 4.69) is 104 Å². The Morgan fingerprint density at radius 2 is 0.234 bits per heavy atom. The van der Waals surface area contributed by atoms with Gasteiger partial charge >= 0.3 is 0 Å². The molecular formula is C124H212NiO8S4-4. The molecule has 0 amide bonds. The van der Waals surface area contributed by atoms with Gasteiger partial charge in [0.15, 0.2) is 46.0 Å². The van der Waals surface area contributed by atoms with Crippen LogP contribution in [0.2, 0.25) is 0 Å². The summed E-state index contributed by atoms with van der Waals surface area (Å²) < 4.78 is 51.7. The Balaban J connectivity index is 0.000000920. The molecule has 4 aromatic carbocycles. The van der Waals surface area contributed by atoms with Crippen molar-refractivity contribution in [3.8, 4) is 46.0 Å². The average Bonchev–Trinajstić information content (AvgIpc) is 0.818. The molecule has 0 heterocycles. The van der Waals surface area contributed by atoms with Gasteiger partial charge in [-0.15, -0.1) is 0 Å². The molecule has 4 rings (SSSR count). The van der Waals surface area contributed by atoms with Gasteiger partial charge in [0, 0.05) is 16.5 Å². The topological polar surface area (TPSA) is 73.8 Å². The van der Waals surface area contributed by atoms with E-state index >= 15 is 0 Å². The van der Waals surface area contributed by atoms with E-state index in [1.54, 1.807) is 0 Å². The average molecular weight is 2020 g/mol. The van der Waals surface area contributed by atoms with Crippen molar-refractivity contribution < 1.29 is 54.4 Å². The van der Waals surface area contributed by atoms with Crippen LogP contribution >= 0.6 is 0 Å². The molecule has 0 unspecified atom stereocenters. The third-order valence-electron chi connectivity index (χ3n) is 27.3. The van der Waals surface area contributed by atoms with Gasteiger partial charge in [0.1, 0.15) is 0 Å². The first-order valence-corrected chi connectivity index (χ1v) is 60.5. The Morgan fingerprint density at radius 3 is 0.343 bits per heavy atom. The Bertz CT molecular complexity index is 2930. The molecule has 0 saturated carbocycles. The van der Waals surface area contributed by atoms with Crippen LogP contribution in [0.5, 0.6) is 46.0 Å². The first kappa shape index (κ1) is 129. The zero-order valence-corrected chi connectivity index (χ0v) is 94.6. The van der Waals surface area contributed by atoms with Crippen molar-refractivity contribution in [2.45, 2.75) is 569 Å². The van der Waals surface area contributed by atoms with Gasteiger partial charge in [0.2, 0.25) is 0 Å². The zero-order chi connectivity index (χ0) is 97.6. The summed E-state index contributed by atoms with van der Waals surface area (Å²) >= 11 is 24.6. The molecule has 0 aliphatic carbocycles. The molecular weight excluding hydrogens is 1800 g/mol. The number of ether oxygens (including phenoxy) is 8. The van der Waals surface area contributed by atoms with Gasteiger partial charge in [-0.3, -0.25) is 0 Å². The smallest absolute Gasteiger partial charge is 0.161 e. The molecule has 0 aliphatic heterocycles. The largest absolute Gasteiger partial charge is 0.780 e. The van der Waals surface area contributed by atoms with Crippen LogP contribution in [0.4, 0.5) is 0 Å². The molecule has 4 aromatic rings. The van der Waals surface area contributed by atoms with E-state index in [0.717, 1.165) is 120 Å². The summed E-state index contributed by atoms with van der Waals surface area (Å²) in [6.07, 6.45) is 104. The SMILES string of the molecule is CCCCCCCCCCCCOc1ccc(C([S-])=C([S-])c2ccc(OCCCCCCCCCCCC)c(OCCCCCCCCCCCC)c2)cc1OCCCCCCCCCCCC.CCCCCCCCCCCCOc1ccc(C([S-])=C([S-])c2ccc(OCCCCCCCCCCCC)c(OCCCCCCCCCCCC)c2)cc1OCCCCCCCCCCCC.[Ni]. The van der Waals surface area contributed by atoms with E-state index in [4.69, 9.17) is 88.4 Å². The van der Waals surface area contributed by atoms with Crippen molar-refractivity contribution >= 4 is 70.1 Å². The maximum atomic E-state index is 6.50. The minimum absolute atomic E-state index is 0. The minimum atomic E-state index is 0. The predicted octanol–water partition coefficient (Wildman–Crippen LogP) is 41.6. The molecule has 8 nitrogen and oxygen atoms in total. The van der Waals surface area contributed by atoms with Crippen LogP contribution in [0.15, 0.2) is 72.8 Å². The van der Waals surface area contributed by atoms with Crippen LogP contribution in [-0.4, -0.2) is 52.9 Å². The summed E-state index contributed by atoms with van der Waals surface area (Å²) in [6, 6.07) is 24.6. The number of hydrogen-bond acceptors (Lipinski definition) is 12. The standard InChI is InChI=1S/2C62H108O4S2.Ni/c2*1-5-9-13-17-21-25-29-33-37-41-49-63-57-47-45-55(53-59(57)65-51-43-39-35-31-27-23-19-15-11-7-3)61(67)62(68)56-46-48-58(64-50-42-38-34-30-26-22-18-14-10-6-2)60(54-56)66-52-44-40-36-32-28-24-20-16-12-8-4;/h2*45-48,53-54,67-68H,5-44,49-52H2,1-4H3;/p-4. The van der Waals surface area contributed by atoms with E-state index in [1.807, 2.05) is 24.3 Å². The monoisotopic (exact) mass is 2020 g/mol. The van der Waals surface area contributed by atoms with Crippen molar-refractivity contribution in [3.63, 3.8) is 0 Å². The van der Waals surface area contributed by atoms with Crippen LogP contribution in [0.1, 0.15) is 591 Å². The Hall–Kier alpha value is -3.87. The van der Waals surface area contributed by atoms with E-state index in [9.17, 15) is 0 Å². The fourth-order valence-corrected chi connectivity index (χ4v) is 19.2. The molecule has 0 spiro atoms. The molecule has 137 heavy (non-hydrogen) atoms. The normalized spacial score (nSPS) is 11.7. The molecule has 0 bridgehead atoms. The van der Waals surface area contributed by atoms with Crippen molar-refractivity contribution in [1.82, 2.24) is 0 Å². The number of benzene rings is 4. The van der Waals surface area contributed by atoms with Crippen molar-refractivity contribution in [1.29, 1.82) is 0 Å². The first-order chi connectivity index (χ1) is 67.1. The van der Waals surface area contributed by atoms with Crippen molar-refractivity contribution in [3.05, 3.63) is 95.1 Å². The number of unbranched alkanes of at least 4 members (excludes halogenated alkanes) is 72. The van der Waals surface area contributed by atoms with E-state index in [-0.39, 0.29) is 16.5 Å². The maximum Gasteiger partial charge on any atom is 0.161 e. The molecule has 0 aliphatic rings. The summed E-state index contributed by atoms with van der Waals surface area (Å²) in [7, 11) is 0. The molecule has 0 radical (unpaired) electrons. The quantitative estimate of drug-likeness (QED) is 0.0183. The third-order valence-corrected chi connectivity index (χ3v) is 29.3. The van der Waals surface area contributed by atoms with Crippen molar-refractivity contribution in [2.75, 3.05) is 52.9 Å². The summed E-state index contributed by atoms with van der Waals surface area (Å²) in [5.41, 5.74) is 3.57. The van der Waals surface area contributed by atoms with Gasteiger partial charge in [-0.2, -0.15) is 19.6 Å². The summed E-state index contributed by atoms with van der Waals surface area (Å²) in [6.45, 7) is 23.8. The first-order valence-electron chi connectivity index (χ1n) is 58.9. The van der Waals surface area contributed by atoms with Crippen LogP contribution in [0.3, 0.4) is 0 Å². The fraction of sp³-hybridized carbons (Fsp3) is 0.774. The Morgan fingerprint density at radius 1 is 0.139 bits per heavy atom. The molecule has 13 heteroatoms. The molecule has 0 atom stereocenters. The summed E-state index contributed by atoms with van der Waals surface area (Å²) in [5.74, 6) is 6.29. The minimum Gasteiger partial charge on any atom is -0.780 e. The second kappa shape index (κ2) is 98.2. The summed E-state index contributed by atoms with van der Waals surface area (Å²) in [5, 5.41) is 0. The molecule has 0 N–H and O–H groups in total. The summed E-state index contributed by atoms with van der Waals surface area (Å²) in [4.78, 5) is 2.57. The van der Waals surface area contributed by atoms with Gasteiger partial charge < -0.3 is 88.4 Å². The third kappa shape index (κ3) is 72.1. The van der Waals surface area contributed by atoms with E-state index in [0.29, 0.717) is 72.5 Å². The molecule has 0 saturated heterocycles. The van der Waals surface area contributed by atoms with Gasteiger partial charge in [-0.1, -0.05) is 542 Å². The second-order valence-electron chi connectivity index (χ2n) is 40.2. The van der Waals surface area contributed by atoms with Crippen molar-refractivity contribution in [2.24, 2.45) is 0 Å². The molecule has 0 aromatic heterocycles. The predicted molar refractivity (Wildman–Crippen MR) is 608 cm³/mol. The fourth-order valence-electron chi connectivity index (χ4n) is 18.2. The molecule has 794 valence electrons. The van der Waals surface area contributed by atoms with Gasteiger partial charge in [0.25, 0.3) is 0 Å². The zero-order valence-electron chi connectivity index (χ0n) is 90.4. The van der Waals surface area contributed by atoms with Gasteiger partial charge in [0.05, 0.1) is 52.9 Å². The van der Waals surface area contributed by atoms with Gasteiger partial charge in [-0.05, 0) is 122 Å². The molecule has 0 fully saturated rings. The van der Waals surface area contributed by atoms with Crippen LogP contribution < -0.4 is 37.9 Å². The maximum absolute atomic E-state index is 6.50. The van der Waals surface area contributed by atoms with E-state index in [1.165, 1.54) is 462 Å². The Kier molecular flexibility index (Phi) is 92.6. The van der Waals surface area contributed by atoms with Crippen LogP contribution in [-0.2, 0) is 67.0 Å². The number of hydrogen-bond donors (Lipinski definition) is 0. The van der Waals surface area contributed by atoms with E-state index < -0.39 is 0 Å². The Labute approximate surface area is 880 Å². The van der Waals surface area contributed by atoms with Crippen LogP contribution in [0.25, 0.3) is 19.6 Å². The second-order valence-corrected chi connectivity index (χ2v) is 41.8. The number of rotatable bonds is 100.